The fourth-order valence-corrected chi connectivity index (χ4v) is 1.21. The molecule has 0 amide bonds. The van der Waals surface area contributed by atoms with Gasteiger partial charge in [-0.25, -0.2) is 0 Å². The Hall–Kier alpha value is -1.57. The topological polar surface area (TPSA) is 26.3 Å². The first-order valence-electron chi connectivity index (χ1n) is 3.79. The molecule has 0 aliphatic carbocycles. The smallest absolute Gasteiger partial charge is 0.150 e. The molecule has 0 spiro atoms. The monoisotopic (exact) mass is 160 g/mol. The first kappa shape index (κ1) is 7.10. The fraction of sp³-hybridized carbons (Fsp3) is 0.100. The second-order valence-corrected chi connectivity index (χ2v) is 2.63. The van der Waals surface area contributed by atoms with Crippen molar-refractivity contribution in [3.8, 4) is 5.75 Å². The predicted octanol–water partition coefficient (Wildman–Crippen LogP) is 1.90. The third-order valence-electron chi connectivity index (χ3n) is 1.80. The van der Waals surface area contributed by atoms with E-state index in [0.29, 0.717) is 12.2 Å². The van der Waals surface area contributed by atoms with Crippen LogP contribution in [0.3, 0.4) is 0 Å². The van der Waals surface area contributed by atoms with E-state index in [-0.39, 0.29) is 0 Å². The van der Waals surface area contributed by atoms with E-state index >= 15 is 0 Å². The van der Waals surface area contributed by atoms with Crippen molar-refractivity contribution in [1.29, 1.82) is 0 Å². The van der Waals surface area contributed by atoms with E-state index in [9.17, 15) is 4.79 Å². The van der Waals surface area contributed by atoms with E-state index in [1.807, 2.05) is 24.3 Å². The summed E-state index contributed by atoms with van der Waals surface area (Å²) in [5.41, 5.74) is 1.66. The molecule has 0 aromatic heterocycles. The summed E-state index contributed by atoms with van der Waals surface area (Å²) in [5.74, 6) is 0.850. The van der Waals surface area contributed by atoms with E-state index in [1.165, 1.54) is 0 Å². The average Bonchev–Trinajstić information content (AvgIpc) is 2.17. The van der Waals surface area contributed by atoms with Gasteiger partial charge in [-0.15, -0.1) is 0 Å². The summed E-state index contributed by atoms with van der Waals surface area (Å²) in [6.07, 6.45) is 4.73. The van der Waals surface area contributed by atoms with Gasteiger partial charge in [-0.05, 0) is 24.3 Å². The first-order chi connectivity index (χ1) is 5.90. The van der Waals surface area contributed by atoms with Gasteiger partial charge in [-0.1, -0.05) is 6.08 Å². The van der Waals surface area contributed by atoms with Crippen molar-refractivity contribution in [1.82, 2.24) is 0 Å². The molecule has 0 fully saturated rings. The molecule has 0 saturated heterocycles. The largest absolute Gasteiger partial charge is 0.489 e. The average molecular weight is 160 g/mol. The van der Waals surface area contributed by atoms with E-state index in [4.69, 9.17) is 4.74 Å². The van der Waals surface area contributed by atoms with E-state index in [0.717, 1.165) is 17.6 Å². The van der Waals surface area contributed by atoms with Gasteiger partial charge in [0.1, 0.15) is 18.6 Å². The van der Waals surface area contributed by atoms with Crippen LogP contribution in [0.1, 0.15) is 15.9 Å². The first-order valence-corrected chi connectivity index (χ1v) is 3.79. The van der Waals surface area contributed by atoms with Gasteiger partial charge in [-0.2, -0.15) is 0 Å². The van der Waals surface area contributed by atoms with E-state index in [1.54, 1.807) is 6.07 Å². The van der Waals surface area contributed by atoms with Crippen molar-refractivity contribution in [3.63, 3.8) is 0 Å². The van der Waals surface area contributed by atoms with Crippen LogP contribution < -0.4 is 4.74 Å². The molecule has 1 aromatic rings. The van der Waals surface area contributed by atoms with Crippen LogP contribution in [0, 0.1) is 0 Å². The second-order valence-electron chi connectivity index (χ2n) is 2.63. The molecule has 60 valence electrons. The molecule has 0 unspecified atom stereocenters. The third kappa shape index (κ3) is 1.11. The fourth-order valence-electron chi connectivity index (χ4n) is 1.21. The maximum absolute atomic E-state index is 10.4. The second kappa shape index (κ2) is 2.81. The van der Waals surface area contributed by atoms with Crippen LogP contribution in [0.25, 0.3) is 6.08 Å². The quantitative estimate of drug-likeness (QED) is 0.586. The molecule has 0 N–H and O–H groups in total. The normalized spacial score (nSPS) is 13.3. The van der Waals surface area contributed by atoms with Gasteiger partial charge >= 0.3 is 0 Å². The Morgan fingerprint density at radius 2 is 2.33 bits per heavy atom. The zero-order valence-electron chi connectivity index (χ0n) is 6.49. The molecule has 0 bridgehead atoms. The molecule has 0 saturated carbocycles. The number of carbonyl (C=O) groups is 1. The van der Waals surface area contributed by atoms with Crippen molar-refractivity contribution in [2.45, 2.75) is 0 Å². The highest BCUT2D eigenvalue weighted by Gasteiger charge is 2.04. The van der Waals surface area contributed by atoms with Crippen molar-refractivity contribution >= 4 is 12.4 Å². The lowest BCUT2D eigenvalue weighted by molar-refractivity contribution is 0.112. The number of fused-ring (bicyclic) bond motifs is 1. The summed E-state index contributed by atoms with van der Waals surface area (Å²) >= 11 is 0. The minimum Gasteiger partial charge on any atom is -0.489 e. The molecule has 2 heteroatoms. The zero-order chi connectivity index (χ0) is 8.39. The molecule has 1 aliphatic rings. The predicted molar refractivity (Wildman–Crippen MR) is 46.4 cm³/mol. The van der Waals surface area contributed by atoms with Crippen LogP contribution >= 0.6 is 0 Å². The number of aldehydes is 1. The van der Waals surface area contributed by atoms with Crippen LogP contribution in [0.4, 0.5) is 0 Å². The molecule has 0 atom stereocenters. The lowest BCUT2D eigenvalue weighted by Gasteiger charge is -2.11. The summed E-state index contributed by atoms with van der Waals surface area (Å²) in [4.78, 5) is 10.4. The lowest BCUT2D eigenvalue weighted by atomic mass is 10.1. The summed E-state index contributed by atoms with van der Waals surface area (Å²) in [5, 5.41) is 0. The molecule has 0 radical (unpaired) electrons. The highest BCUT2D eigenvalue weighted by atomic mass is 16.5. The SMILES string of the molecule is O=Cc1ccc2c(c1)C=CCO2. The van der Waals surface area contributed by atoms with E-state index < -0.39 is 0 Å². The maximum Gasteiger partial charge on any atom is 0.150 e. The number of benzene rings is 1. The minimum absolute atomic E-state index is 0.618. The van der Waals surface area contributed by atoms with Gasteiger partial charge in [0.25, 0.3) is 0 Å². The lowest BCUT2D eigenvalue weighted by Crippen LogP contribution is -2.00. The number of hydrogen-bond donors (Lipinski definition) is 0. The van der Waals surface area contributed by atoms with Gasteiger partial charge in [0.15, 0.2) is 0 Å². The summed E-state index contributed by atoms with van der Waals surface area (Å²) in [6, 6.07) is 5.39. The number of rotatable bonds is 1. The molecule has 1 aliphatic heterocycles. The number of carbonyl (C=O) groups excluding carboxylic acids is 1. The highest BCUT2D eigenvalue weighted by molar-refractivity contribution is 5.77. The van der Waals surface area contributed by atoms with Crippen LogP contribution in [0.5, 0.6) is 5.75 Å². The van der Waals surface area contributed by atoms with Crippen LogP contribution in [0.15, 0.2) is 24.3 Å². The molecule has 2 rings (SSSR count). The minimum atomic E-state index is 0.618. The van der Waals surface area contributed by atoms with Crippen molar-refractivity contribution < 1.29 is 9.53 Å². The van der Waals surface area contributed by atoms with Crippen molar-refractivity contribution in [2.75, 3.05) is 6.61 Å². The number of hydrogen-bond acceptors (Lipinski definition) is 2. The third-order valence-corrected chi connectivity index (χ3v) is 1.80. The summed E-state index contributed by atoms with van der Waals surface area (Å²) in [6.45, 7) is 0.618. The molecule has 12 heavy (non-hydrogen) atoms. The van der Waals surface area contributed by atoms with Crippen LogP contribution in [-0.4, -0.2) is 12.9 Å². The van der Waals surface area contributed by atoms with Crippen LogP contribution in [-0.2, 0) is 0 Å². The van der Waals surface area contributed by atoms with Crippen molar-refractivity contribution in [2.24, 2.45) is 0 Å². The molecule has 2 nitrogen and oxygen atoms in total. The van der Waals surface area contributed by atoms with Crippen molar-refractivity contribution in [3.05, 3.63) is 35.4 Å². The molecule has 1 heterocycles. The number of ether oxygens (including phenoxy) is 1. The molecular formula is C10H8O2. The van der Waals surface area contributed by atoms with Gasteiger partial charge in [0.05, 0.1) is 0 Å². The van der Waals surface area contributed by atoms with E-state index in [2.05, 4.69) is 0 Å². The standard InChI is InChI=1S/C10H8O2/c11-7-8-3-4-10-9(6-8)2-1-5-12-10/h1-4,6-7H,5H2. The van der Waals surface area contributed by atoms with Crippen LogP contribution in [0.2, 0.25) is 0 Å². The molecule has 1 aromatic carbocycles. The summed E-state index contributed by atoms with van der Waals surface area (Å²) < 4.78 is 5.32. The zero-order valence-corrected chi connectivity index (χ0v) is 6.49. The van der Waals surface area contributed by atoms with Gasteiger partial charge in [-0.3, -0.25) is 4.79 Å². The Balaban J connectivity index is 2.51. The Bertz CT molecular complexity index is 340. The Labute approximate surface area is 70.5 Å². The Morgan fingerprint density at radius 1 is 1.42 bits per heavy atom. The Kier molecular flexibility index (Phi) is 1.67. The van der Waals surface area contributed by atoms with Gasteiger partial charge in [0.2, 0.25) is 0 Å². The highest BCUT2D eigenvalue weighted by Crippen LogP contribution is 2.23. The van der Waals surface area contributed by atoms with Gasteiger partial charge in [0, 0.05) is 11.1 Å². The van der Waals surface area contributed by atoms with Gasteiger partial charge < -0.3 is 4.74 Å². The molecular weight excluding hydrogens is 152 g/mol. The maximum atomic E-state index is 10.4. The summed E-state index contributed by atoms with van der Waals surface area (Å²) in [7, 11) is 0. The Morgan fingerprint density at radius 3 is 3.17 bits per heavy atom.